The first-order chi connectivity index (χ1) is 10.1. The van der Waals surface area contributed by atoms with Gasteiger partial charge in [0, 0.05) is 0 Å². The molecule has 0 saturated heterocycles. The van der Waals surface area contributed by atoms with Gasteiger partial charge in [-0.3, -0.25) is 4.79 Å². The van der Waals surface area contributed by atoms with E-state index >= 15 is 0 Å². The van der Waals surface area contributed by atoms with Gasteiger partial charge in [0.05, 0.1) is 24.7 Å². The number of pyridine rings is 1. The van der Waals surface area contributed by atoms with Crippen molar-refractivity contribution in [3.05, 3.63) is 27.4 Å². The molecular formula is C10H7F5N2O5. The molecule has 0 aliphatic heterocycles. The first-order valence-electron chi connectivity index (χ1n) is 5.33. The number of aromatic nitrogens is 1. The summed E-state index contributed by atoms with van der Waals surface area (Å²) in [5.41, 5.74) is -2.45. The summed E-state index contributed by atoms with van der Waals surface area (Å²) in [7, 11) is 0.875. The van der Waals surface area contributed by atoms with Crippen molar-refractivity contribution in [2.24, 2.45) is 0 Å². The van der Waals surface area contributed by atoms with Crippen molar-refractivity contribution in [3.63, 3.8) is 0 Å². The van der Waals surface area contributed by atoms with Crippen molar-refractivity contribution in [2.45, 2.75) is 19.2 Å². The van der Waals surface area contributed by atoms with Crippen molar-refractivity contribution in [1.29, 1.82) is 0 Å². The van der Waals surface area contributed by atoms with Crippen LogP contribution in [-0.4, -0.2) is 29.3 Å². The van der Waals surface area contributed by atoms with Gasteiger partial charge in [0.25, 0.3) is 6.43 Å². The van der Waals surface area contributed by atoms with Gasteiger partial charge >= 0.3 is 18.1 Å². The standard InChI is InChI=1S/C10H7F5N2O5/c1-21-6(18)2-4-7(8(11)12)5(22-10(13,14)15)3-16-9(4)17(19)20/h3,8H,2H2,1H3. The Kier molecular flexibility index (Phi) is 5.17. The lowest BCUT2D eigenvalue weighted by Gasteiger charge is -2.14. The van der Waals surface area contributed by atoms with Gasteiger partial charge in [0.15, 0.2) is 11.9 Å². The van der Waals surface area contributed by atoms with Crippen molar-refractivity contribution in [1.82, 2.24) is 4.98 Å². The minimum Gasteiger partial charge on any atom is -0.469 e. The zero-order chi connectivity index (χ0) is 17.1. The fourth-order valence-electron chi connectivity index (χ4n) is 1.53. The van der Waals surface area contributed by atoms with Crippen molar-refractivity contribution < 1.29 is 41.1 Å². The molecule has 0 aromatic carbocycles. The third kappa shape index (κ3) is 4.23. The molecule has 0 N–H and O–H groups in total. The predicted octanol–water partition coefficient (Wildman–Crippen LogP) is 2.54. The second kappa shape index (κ2) is 6.49. The molecule has 122 valence electrons. The highest BCUT2D eigenvalue weighted by molar-refractivity contribution is 5.75. The maximum Gasteiger partial charge on any atom is 0.573 e. The Bertz CT molecular complexity index is 590. The van der Waals surface area contributed by atoms with Crippen molar-refractivity contribution in [3.8, 4) is 5.75 Å². The molecule has 1 heterocycles. The Morgan fingerprint density at radius 1 is 1.45 bits per heavy atom. The topological polar surface area (TPSA) is 91.6 Å². The number of nitrogens with zero attached hydrogens (tertiary/aromatic N) is 2. The summed E-state index contributed by atoms with van der Waals surface area (Å²) < 4.78 is 70.1. The number of esters is 1. The van der Waals surface area contributed by atoms with Crippen LogP contribution in [0.3, 0.4) is 0 Å². The number of hydrogen-bond acceptors (Lipinski definition) is 6. The first-order valence-corrected chi connectivity index (χ1v) is 5.33. The Morgan fingerprint density at radius 2 is 2.05 bits per heavy atom. The lowest BCUT2D eigenvalue weighted by atomic mass is 10.1. The van der Waals surface area contributed by atoms with Crippen molar-refractivity contribution in [2.75, 3.05) is 7.11 Å². The van der Waals surface area contributed by atoms with Crippen LogP contribution in [-0.2, 0) is 16.0 Å². The molecule has 0 unspecified atom stereocenters. The molecule has 0 fully saturated rings. The molecule has 0 bridgehead atoms. The highest BCUT2D eigenvalue weighted by Gasteiger charge is 2.37. The Balaban J connectivity index is 3.53. The monoisotopic (exact) mass is 330 g/mol. The summed E-state index contributed by atoms with van der Waals surface area (Å²) in [6.45, 7) is 0. The summed E-state index contributed by atoms with van der Waals surface area (Å²) in [6, 6.07) is 0. The number of carbonyl (C=O) groups excluding carboxylic acids is 1. The van der Waals surface area contributed by atoms with E-state index in [2.05, 4.69) is 14.5 Å². The largest absolute Gasteiger partial charge is 0.573 e. The highest BCUT2D eigenvalue weighted by Crippen LogP contribution is 2.38. The van der Waals surface area contributed by atoms with Gasteiger partial charge in [-0.05, 0) is 9.91 Å². The van der Waals surface area contributed by atoms with E-state index in [0.717, 1.165) is 7.11 Å². The van der Waals surface area contributed by atoms with Crippen molar-refractivity contribution >= 4 is 11.8 Å². The number of rotatable bonds is 5. The van der Waals surface area contributed by atoms with E-state index in [9.17, 15) is 36.9 Å². The Labute approximate surface area is 118 Å². The zero-order valence-corrected chi connectivity index (χ0v) is 10.7. The third-order valence-electron chi connectivity index (χ3n) is 2.33. The lowest BCUT2D eigenvalue weighted by Crippen LogP contribution is -2.20. The van der Waals surface area contributed by atoms with Gasteiger partial charge < -0.3 is 19.6 Å². The van der Waals surface area contributed by atoms with E-state index < -0.39 is 52.8 Å². The maximum atomic E-state index is 13.0. The number of nitro groups is 1. The molecule has 0 spiro atoms. The molecular weight excluding hydrogens is 323 g/mol. The quantitative estimate of drug-likeness (QED) is 0.357. The summed E-state index contributed by atoms with van der Waals surface area (Å²) in [5.74, 6) is -3.78. The van der Waals surface area contributed by atoms with Gasteiger partial charge in [-0.15, -0.1) is 13.2 Å². The number of ether oxygens (including phenoxy) is 2. The van der Waals surface area contributed by atoms with Crippen LogP contribution in [0.4, 0.5) is 27.8 Å². The summed E-state index contributed by atoms with van der Waals surface area (Å²) in [4.78, 5) is 23.7. The van der Waals surface area contributed by atoms with E-state index in [0.29, 0.717) is 0 Å². The smallest absolute Gasteiger partial charge is 0.469 e. The molecule has 0 amide bonds. The summed E-state index contributed by atoms with van der Waals surface area (Å²) >= 11 is 0. The second-order valence-corrected chi connectivity index (χ2v) is 3.70. The lowest BCUT2D eigenvalue weighted by molar-refractivity contribution is -0.390. The van der Waals surface area contributed by atoms with Gasteiger partial charge in [-0.25, -0.2) is 8.78 Å². The predicted molar refractivity (Wildman–Crippen MR) is 58.3 cm³/mol. The number of halogens is 5. The highest BCUT2D eigenvalue weighted by atomic mass is 19.4. The molecule has 12 heteroatoms. The molecule has 22 heavy (non-hydrogen) atoms. The summed E-state index contributed by atoms with van der Waals surface area (Å²) in [6.07, 6.45) is -9.80. The molecule has 0 atom stereocenters. The molecule has 1 aromatic heterocycles. The van der Waals surface area contributed by atoms with Crippen LogP contribution >= 0.6 is 0 Å². The van der Waals surface area contributed by atoms with Crippen LogP contribution in [0.15, 0.2) is 6.20 Å². The molecule has 7 nitrogen and oxygen atoms in total. The SMILES string of the molecule is COC(=O)Cc1c([N+](=O)[O-])ncc(OC(F)(F)F)c1C(F)F. The van der Waals surface area contributed by atoms with Crippen LogP contribution in [0.5, 0.6) is 5.75 Å². The second-order valence-electron chi connectivity index (χ2n) is 3.70. The molecule has 0 saturated carbocycles. The van der Waals surface area contributed by atoms with Crippen LogP contribution in [0.1, 0.15) is 17.6 Å². The van der Waals surface area contributed by atoms with E-state index in [1.165, 1.54) is 0 Å². The van der Waals surface area contributed by atoms with E-state index in [4.69, 9.17) is 0 Å². The minimum atomic E-state index is -5.32. The average molecular weight is 330 g/mol. The van der Waals surface area contributed by atoms with Gasteiger partial charge in [-0.1, -0.05) is 0 Å². The van der Waals surface area contributed by atoms with Crippen LogP contribution in [0, 0.1) is 10.1 Å². The molecule has 0 radical (unpaired) electrons. The average Bonchev–Trinajstić information content (AvgIpc) is 2.35. The maximum absolute atomic E-state index is 13.0. The third-order valence-corrected chi connectivity index (χ3v) is 2.33. The van der Waals surface area contributed by atoms with Gasteiger partial charge in [-0.2, -0.15) is 0 Å². The fraction of sp³-hybridized carbons (Fsp3) is 0.400. The van der Waals surface area contributed by atoms with Crippen LogP contribution < -0.4 is 4.74 Å². The Hall–Kier alpha value is -2.53. The molecule has 0 aliphatic rings. The fourth-order valence-corrected chi connectivity index (χ4v) is 1.53. The first kappa shape index (κ1) is 17.5. The normalized spacial score (nSPS) is 11.4. The minimum absolute atomic E-state index is 0.147. The number of alkyl halides is 5. The van der Waals surface area contributed by atoms with E-state index in [1.54, 1.807) is 0 Å². The number of methoxy groups -OCH3 is 1. The van der Waals surface area contributed by atoms with Gasteiger partial charge in [0.2, 0.25) is 0 Å². The van der Waals surface area contributed by atoms with Gasteiger partial charge in [0.1, 0.15) is 0 Å². The van der Waals surface area contributed by atoms with E-state index in [1.807, 2.05) is 0 Å². The Morgan fingerprint density at radius 3 is 2.45 bits per heavy atom. The summed E-state index contributed by atoms with van der Waals surface area (Å²) in [5, 5.41) is 10.7. The number of carbonyl (C=O) groups is 1. The molecule has 1 rings (SSSR count). The molecule has 0 aliphatic carbocycles. The van der Waals surface area contributed by atoms with E-state index in [-0.39, 0.29) is 6.20 Å². The number of hydrogen-bond donors (Lipinski definition) is 0. The van der Waals surface area contributed by atoms with Crippen LogP contribution in [0.2, 0.25) is 0 Å². The zero-order valence-electron chi connectivity index (χ0n) is 10.7. The molecule has 1 aromatic rings. The van der Waals surface area contributed by atoms with Crippen LogP contribution in [0.25, 0.3) is 0 Å².